The molecule has 3 amide bonds. The fourth-order valence-corrected chi connectivity index (χ4v) is 3.93. The zero-order valence-electron chi connectivity index (χ0n) is 13.9. The summed E-state index contributed by atoms with van der Waals surface area (Å²) in [5, 5.41) is 3.83. The zero-order chi connectivity index (χ0) is 19.2. The van der Waals surface area contributed by atoms with E-state index in [0.29, 0.717) is 10.6 Å². The monoisotopic (exact) mass is 405 g/mol. The van der Waals surface area contributed by atoms with Crippen LogP contribution in [0.4, 0.5) is 5.69 Å². The van der Waals surface area contributed by atoms with Gasteiger partial charge in [0.2, 0.25) is 5.91 Å². The second kappa shape index (κ2) is 8.69. The molecule has 27 heavy (non-hydrogen) atoms. The molecule has 10 heteroatoms. The molecule has 2 aromatic rings. The molecule has 0 saturated carbocycles. The van der Waals surface area contributed by atoms with Gasteiger partial charge in [0, 0.05) is 4.90 Å². The summed E-state index contributed by atoms with van der Waals surface area (Å²) in [5.41, 5.74) is 5.08. The van der Waals surface area contributed by atoms with Crippen molar-refractivity contribution < 1.29 is 23.9 Å². The molecule has 0 unspecified atom stereocenters. The predicted molar refractivity (Wildman–Crippen MR) is 100 cm³/mol. The number of hydrazine groups is 1. The Bertz CT molecular complexity index is 869. The molecule has 0 bridgehead atoms. The Hall–Kier alpha value is -2.85. The summed E-state index contributed by atoms with van der Waals surface area (Å²) in [7, 11) is 0. The molecule has 0 radical (unpaired) electrons. The lowest BCUT2D eigenvalue weighted by Crippen LogP contribution is -2.43. The van der Waals surface area contributed by atoms with Crippen LogP contribution in [0.2, 0.25) is 0 Å². The summed E-state index contributed by atoms with van der Waals surface area (Å²) in [6.45, 7) is -0.556. The number of amides is 3. The molecule has 0 spiro atoms. The third kappa shape index (κ3) is 5.08. The molecule has 3 N–H and O–H groups in total. The van der Waals surface area contributed by atoms with Gasteiger partial charge in [0.15, 0.2) is 6.61 Å². The Morgan fingerprint density at radius 3 is 2.70 bits per heavy atom. The molecule has 0 fully saturated rings. The Kier molecular flexibility index (Phi) is 6.09. The fourth-order valence-electron chi connectivity index (χ4n) is 2.22. The molecule has 1 aliphatic heterocycles. The number of hydrogen-bond acceptors (Lipinski definition) is 7. The Balaban J connectivity index is 1.41. The van der Waals surface area contributed by atoms with Gasteiger partial charge in [-0.15, -0.1) is 23.1 Å². The number of benzene rings is 1. The largest absolute Gasteiger partial charge is 0.455 e. The second-order valence-corrected chi connectivity index (χ2v) is 7.63. The van der Waals surface area contributed by atoms with E-state index < -0.39 is 29.6 Å². The number of carbonyl (C=O) groups excluding carboxylic acids is 4. The van der Waals surface area contributed by atoms with E-state index in [2.05, 4.69) is 16.2 Å². The zero-order valence-corrected chi connectivity index (χ0v) is 15.5. The Morgan fingerprint density at radius 2 is 1.93 bits per heavy atom. The first-order valence-corrected chi connectivity index (χ1v) is 9.63. The van der Waals surface area contributed by atoms with Gasteiger partial charge in [0.1, 0.15) is 0 Å². The highest BCUT2D eigenvalue weighted by atomic mass is 32.2. The summed E-state index contributed by atoms with van der Waals surface area (Å²) >= 11 is 2.50. The van der Waals surface area contributed by atoms with Crippen LogP contribution >= 0.6 is 23.1 Å². The van der Waals surface area contributed by atoms with E-state index in [1.165, 1.54) is 23.1 Å². The number of nitrogens with one attached hydrogen (secondary N) is 3. The second-order valence-electron chi connectivity index (χ2n) is 5.44. The SMILES string of the molecule is O=C(COC(=O)C[C@H]1Sc2ccccc2NC1=O)NNC(=O)c1cccs1. The number of para-hydroxylation sites is 1. The van der Waals surface area contributed by atoms with Crippen LogP contribution in [0.15, 0.2) is 46.7 Å². The molecular weight excluding hydrogens is 390 g/mol. The number of thioether (sulfide) groups is 1. The normalized spacial score (nSPS) is 15.3. The number of thiophene rings is 1. The highest BCUT2D eigenvalue weighted by molar-refractivity contribution is 8.01. The maximum Gasteiger partial charge on any atom is 0.307 e. The van der Waals surface area contributed by atoms with Crippen molar-refractivity contribution in [1.82, 2.24) is 10.9 Å². The number of esters is 1. The smallest absolute Gasteiger partial charge is 0.307 e. The lowest BCUT2D eigenvalue weighted by molar-refractivity contribution is -0.149. The van der Waals surface area contributed by atoms with Crippen LogP contribution in [0.25, 0.3) is 0 Å². The van der Waals surface area contributed by atoms with E-state index in [4.69, 9.17) is 4.74 Å². The van der Waals surface area contributed by atoms with Gasteiger partial charge >= 0.3 is 5.97 Å². The van der Waals surface area contributed by atoms with Crippen LogP contribution in [0.5, 0.6) is 0 Å². The van der Waals surface area contributed by atoms with Gasteiger partial charge < -0.3 is 10.1 Å². The minimum Gasteiger partial charge on any atom is -0.455 e. The fraction of sp³-hybridized carbons (Fsp3) is 0.176. The van der Waals surface area contributed by atoms with E-state index in [1.807, 2.05) is 18.2 Å². The van der Waals surface area contributed by atoms with Crippen molar-refractivity contribution in [2.75, 3.05) is 11.9 Å². The number of fused-ring (bicyclic) bond motifs is 1. The molecule has 1 aromatic heterocycles. The summed E-state index contributed by atoms with van der Waals surface area (Å²) in [6.07, 6.45) is -0.167. The number of anilines is 1. The van der Waals surface area contributed by atoms with Crippen LogP contribution in [-0.2, 0) is 19.1 Å². The minimum atomic E-state index is -0.681. The van der Waals surface area contributed by atoms with E-state index in [1.54, 1.807) is 23.6 Å². The standard InChI is InChI=1S/C17H15N3O5S2/c21-14(19-20-17(24)12-6-3-7-26-12)9-25-15(22)8-13-16(23)18-10-4-1-2-5-11(10)27-13/h1-7,13H,8-9H2,(H,18,23)(H,19,21)(H,20,24)/t13-/m1/s1. The first kappa shape index (κ1) is 18.9. The number of rotatable bonds is 5. The van der Waals surface area contributed by atoms with E-state index in [-0.39, 0.29) is 12.3 Å². The lowest BCUT2D eigenvalue weighted by atomic mass is 10.2. The molecule has 0 aliphatic carbocycles. The van der Waals surface area contributed by atoms with Crippen molar-refractivity contribution in [3.05, 3.63) is 46.7 Å². The molecule has 8 nitrogen and oxygen atoms in total. The van der Waals surface area contributed by atoms with E-state index in [0.717, 1.165) is 4.90 Å². The first-order valence-electron chi connectivity index (χ1n) is 7.88. The minimum absolute atomic E-state index is 0.167. The Labute approximate surface area is 162 Å². The maximum atomic E-state index is 12.1. The molecule has 2 heterocycles. The topological polar surface area (TPSA) is 114 Å². The third-order valence-electron chi connectivity index (χ3n) is 3.48. The number of carbonyl (C=O) groups is 4. The molecule has 3 rings (SSSR count). The third-order valence-corrected chi connectivity index (χ3v) is 5.63. The summed E-state index contributed by atoms with van der Waals surface area (Å²) < 4.78 is 4.87. The molecule has 140 valence electrons. The van der Waals surface area contributed by atoms with Gasteiger partial charge in [0.25, 0.3) is 11.8 Å². The lowest BCUT2D eigenvalue weighted by Gasteiger charge is -2.23. The Morgan fingerprint density at radius 1 is 1.11 bits per heavy atom. The summed E-state index contributed by atoms with van der Waals surface area (Å²) in [5.74, 6) is -2.11. The molecule has 1 aromatic carbocycles. The van der Waals surface area contributed by atoms with Crippen LogP contribution in [-0.4, -0.2) is 35.5 Å². The van der Waals surface area contributed by atoms with Crippen molar-refractivity contribution in [3.8, 4) is 0 Å². The predicted octanol–water partition coefficient (Wildman–Crippen LogP) is 1.56. The van der Waals surface area contributed by atoms with E-state index >= 15 is 0 Å². The number of ether oxygens (including phenoxy) is 1. The van der Waals surface area contributed by atoms with Crippen molar-refractivity contribution in [2.45, 2.75) is 16.6 Å². The molecule has 1 atom stereocenters. The molecular formula is C17H15N3O5S2. The van der Waals surface area contributed by atoms with Crippen LogP contribution < -0.4 is 16.2 Å². The van der Waals surface area contributed by atoms with Gasteiger partial charge in [-0.25, -0.2) is 0 Å². The average Bonchev–Trinajstić information content (AvgIpc) is 3.20. The van der Waals surface area contributed by atoms with Gasteiger partial charge in [0.05, 0.1) is 22.2 Å². The quantitative estimate of drug-likeness (QED) is 0.514. The van der Waals surface area contributed by atoms with Crippen LogP contribution in [0.3, 0.4) is 0 Å². The van der Waals surface area contributed by atoms with Crippen molar-refractivity contribution >= 4 is 52.5 Å². The van der Waals surface area contributed by atoms with Crippen molar-refractivity contribution in [1.29, 1.82) is 0 Å². The van der Waals surface area contributed by atoms with Crippen molar-refractivity contribution in [3.63, 3.8) is 0 Å². The van der Waals surface area contributed by atoms with Crippen LogP contribution in [0, 0.1) is 0 Å². The average molecular weight is 405 g/mol. The maximum absolute atomic E-state index is 12.1. The van der Waals surface area contributed by atoms with Gasteiger partial charge in [-0.1, -0.05) is 18.2 Å². The first-order chi connectivity index (χ1) is 13.0. The van der Waals surface area contributed by atoms with Gasteiger partial charge in [-0.3, -0.25) is 30.0 Å². The van der Waals surface area contributed by atoms with Gasteiger partial charge in [-0.05, 0) is 23.6 Å². The number of hydrogen-bond donors (Lipinski definition) is 3. The molecule has 1 aliphatic rings. The summed E-state index contributed by atoms with van der Waals surface area (Å²) in [6, 6.07) is 10.6. The van der Waals surface area contributed by atoms with Crippen molar-refractivity contribution in [2.24, 2.45) is 0 Å². The van der Waals surface area contributed by atoms with Crippen LogP contribution in [0.1, 0.15) is 16.1 Å². The molecule has 0 saturated heterocycles. The highest BCUT2D eigenvalue weighted by Gasteiger charge is 2.29. The summed E-state index contributed by atoms with van der Waals surface area (Å²) in [4.78, 5) is 48.6. The highest BCUT2D eigenvalue weighted by Crippen LogP contribution is 2.36. The van der Waals surface area contributed by atoms with E-state index in [9.17, 15) is 19.2 Å². The van der Waals surface area contributed by atoms with Gasteiger partial charge in [-0.2, -0.15) is 0 Å².